The van der Waals surface area contributed by atoms with Crippen molar-refractivity contribution in [1.82, 2.24) is 24.4 Å². The average molecular weight is 407 g/mol. The predicted octanol–water partition coefficient (Wildman–Crippen LogP) is 4.09. The molecule has 5 rings (SSSR count). The first kappa shape index (κ1) is 18.2. The summed E-state index contributed by atoms with van der Waals surface area (Å²) in [6.07, 6.45) is 6.98. The van der Waals surface area contributed by atoms with E-state index in [-0.39, 0.29) is 0 Å². The van der Waals surface area contributed by atoms with Crippen LogP contribution in [0.15, 0.2) is 59.8 Å². The number of rotatable bonds is 6. The highest BCUT2D eigenvalue weighted by atomic mass is 32.2. The molecule has 0 spiro atoms. The van der Waals surface area contributed by atoms with Gasteiger partial charge in [0.1, 0.15) is 0 Å². The monoisotopic (exact) mass is 406 g/mol. The highest BCUT2D eigenvalue weighted by molar-refractivity contribution is 7.98. The Morgan fingerprint density at radius 2 is 2.17 bits per heavy atom. The lowest BCUT2D eigenvalue weighted by Crippen LogP contribution is -2.10. The van der Waals surface area contributed by atoms with Crippen molar-refractivity contribution in [2.45, 2.75) is 17.9 Å². The van der Waals surface area contributed by atoms with Crippen LogP contribution in [0.2, 0.25) is 0 Å². The molecular formula is C21H22N6OS. The summed E-state index contributed by atoms with van der Waals surface area (Å²) in [7, 11) is 0. The summed E-state index contributed by atoms with van der Waals surface area (Å²) in [6, 6.07) is 14.5. The van der Waals surface area contributed by atoms with Crippen LogP contribution in [0.1, 0.15) is 6.42 Å². The molecule has 148 valence electrons. The van der Waals surface area contributed by atoms with Gasteiger partial charge in [-0.25, -0.2) is 4.52 Å². The summed E-state index contributed by atoms with van der Waals surface area (Å²) in [5, 5.41) is 12.4. The van der Waals surface area contributed by atoms with Crippen LogP contribution >= 0.6 is 11.8 Å². The van der Waals surface area contributed by atoms with Gasteiger partial charge < -0.3 is 10.1 Å². The van der Waals surface area contributed by atoms with E-state index in [1.807, 2.05) is 33.7 Å². The Balaban J connectivity index is 1.39. The average Bonchev–Trinajstić information content (AvgIpc) is 3.49. The molecule has 0 amide bonds. The molecular weight excluding hydrogens is 384 g/mol. The molecule has 3 aromatic heterocycles. The maximum atomic E-state index is 5.45. The summed E-state index contributed by atoms with van der Waals surface area (Å²) in [5.41, 5.74) is 3.81. The fourth-order valence-corrected chi connectivity index (χ4v) is 4.07. The third-order valence-corrected chi connectivity index (χ3v) is 5.81. The molecule has 4 aromatic rings. The topological polar surface area (TPSA) is 69.3 Å². The minimum atomic E-state index is 0.538. The number of thioether (sulfide) groups is 1. The fraction of sp³-hybridized carbons (Fsp3) is 0.286. The molecule has 4 heterocycles. The zero-order valence-electron chi connectivity index (χ0n) is 16.2. The fourth-order valence-electron chi connectivity index (χ4n) is 3.61. The van der Waals surface area contributed by atoms with E-state index in [1.54, 1.807) is 11.8 Å². The minimum absolute atomic E-state index is 0.538. The van der Waals surface area contributed by atoms with Gasteiger partial charge in [-0.05, 0) is 36.9 Å². The third kappa shape index (κ3) is 3.86. The summed E-state index contributed by atoms with van der Waals surface area (Å²) >= 11 is 1.73. The number of anilines is 2. The van der Waals surface area contributed by atoms with E-state index in [0.29, 0.717) is 11.9 Å². The van der Waals surface area contributed by atoms with Gasteiger partial charge in [0.15, 0.2) is 5.65 Å². The lowest BCUT2D eigenvalue weighted by atomic mass is 10.1. The number of nitrogens with one attached hydrogen (secondary N) is 1. The van der Waals surface area contributed by atoms with Crippen LogP contribution in [0.3, 0.4) is 0 Å². The molecule has 1 saturated heterocycles. The smallest absolute Gasteiger partial charge is 0.247 e. The SMILES string of the molecule is CSc1cccc(-c2cccc3nc(Nc4cnn(CC5CCOC5)c4)nn23)c1. The van der Waals surface area contributed by atoms with Gasteiger partial charge in [-0.1, -0.05) is 18.2 Å². The lowest BCUT2D eigenvalue weighted by Gasteiger charge is -2.06. The van der Waals surface area contributed by atoms with Crippen molar-refractivity contribution in [2.24, 2.45) is 5.92 Å². The van der Waals surface area contributed by atoms with Crippen molar-refractivity contribution in [1.29, 1.82) is 0 Å². The number of ether oxygens (including phenoxy) is 1. The Kier molecular flexibility index (Phi) is 4.95. The van der Waals surface area contributed by atoms with Crippen molar-refractivity contribution < 1.29 is 4.74 Å². The van der Waals surface area contributed by atoms with Crippen molar-refractivity contribution >= 4 is 29.0 Å². The second-order valence-corrected chi connectivity index (χ2v) is 8.03. The van der Waals surface area contributed by atoms with Crippen molar-refractivity contribution in [3.8, 4) is 11.3 Å². The molecule has 1 unspecified atom stereocenters. The van der Waals surface area contributed by atoms with Gasteiger partial charge in [0.25, 0.3) is 0 Å². The summed E-state index contributed by atoms with van der Waals surface area (Å²) < 4.78 is 9.28. The van der Waals surface area contributed by atoms with E-state index in [4.69, 9.17) is 4.74 Å². The molecule has 0 aliphatic carbocycles. The Morgan fingerprint density at radius 1 is 1.24 bits per heavy atom. The first-order valence-corrected chi connectivity index (χ1v) is 10.9. The Morgan fingerprint density at radius 3 is 3.03 bits per heavy atom. The molecule has 1 atom stereocenters. The van der Waals surface area contributed by atoms with Crippen molar-refractivity contribution in [2.75, 3.05) is 24.8 Å². The van der Waals surface area contributed by atoms with E-state index in [0.717, 1.165) is 48.8 Å². The van der Waals surface area contributed by atoms with Gasteiger partial charge >= 0.3 is 0 Å². The normalized spacial score (nSPS) is 16.5. The van der Waals surface area contributed by atoms with E-state index in [2.05, 4.69) is 57.1 Å². The molecule has 1 N–H and O–H groups in total. The zero-order valence-corrected chi connectivity index (χ0v) is 17.0. The van der Waals surface area contributed by atoms with Crippen LogP contribution in [0.4, 0.5) is 11.6 Å². The second kappa shape index (κ2) is 7.88. The zero-order chi connectivity index (χ0) is 19.6. The van der Waals surface area contributed by atoms with Gasteiger partial charge in [-0.3, -0.25) is 4.68 Å². The Bertz CT molecular complexity index is 1130. The molecule has 1 fully saturated rings. The van der Waals surface area contributed by atoms with Crippen molar-refractivity contribution in [3.63, 3.8) is 0 Å². The standard InChI is InChI=1S/C21H22N6OS/c1-29-18-5-2-4-16(10-18)19-6-3-7-20-24-21(25-27(19)20)23-17-11-22-26(13-17)12-15-8-9-28-14-15/h2-7,10-11,13,15H,8-9,12,14H2,1H3,(H,23,25). The van der Waals surface area contributed by atoms with Crippen LogP contribution in [0.25, 0.3) is 16.9 Å². The van der Waals surface area contributed by atoms with E-state index < -0.39 is 0 Å². The molecule has 29 heavy (non-hydrogen) atoms. The number of benzene rings is 1. The Hall–Kier alpha value is -2.84. The molecule has 0 bridgehead atoms. The molecule has 0 saturated carbocycles. The van der Waals surface area contributed by atoms with Gasteiger partial charge in [-0.2, -0.15) is 10.1 Å². The van der Waals surface area contributed by atoms with E-state index >= 15 is 0 Å². The highest BCUT2D eigenvalue weighted by Crippen LogP contribution is 2.26. The van der Waals surface area contributed by atoms with Crippen LogP contribution in [0, 0.1) is 5.92 Å². The first-order valence-electron chi connectivity index (χ1n) is 9.66. The molecule has 0 radical (unpaired) electrons. The lowest BCUT2D eigenvalue weighted by molar-refractivity contribution is 0.181. The van der Waals surface area contributed by atoms with Gasteiger partial charge in [-0.15, -0.1) is 16.9 Å². The molecule has 7 nitrogen and oxygen atoms in total. The van der Waals surface area contributed by atoms with Crippen LogP contribution in [-0.2, 0) is 11.3 Å². The summed E-state index contributed by atoms with van der Waals surface area (Å²) in [5.74, 6) is 1.10. The van der Waals surface area contributed by atoms with Gasteiger partial charge in [0.2, 0.25) is 5.95 Å². The minimum Gasteiger partial charge on any atom is -0.381 e. The van der Waals surface area contributed by atoms with E-state index in [1.165, 1.54) is 4.90 Å². The first-order chi connectivity index (χ1) is 14.3. The number of nitrogens with zero attached hydrogens (tertiary/aromatic N) is 5. The molecule has 1 aliphatic rings. The molecule has 1 aromatic carbocycles. The van der Waals surface area contributed by atoms with Crippen LogP contribution in [0.5, 0.6) is 0 Å². The number of aromatic nitrogens is 5. The van der Waals surface area contributed by atoms with E-state index in [9.17, 15) is 0 Å². The van der Waals surface area contributed by atoms with Gasteiger partial charge in [0, 0.05) is 35.7 Å². The van der Waals surface area contributed by atoms with Gasteiger partial charge in [0.05, 0.1) is 24.2 Å². The number of fused-ring (bicyclic) bond motifs is 1. The van der Waals surface area contributed by atoms with Crippen molar-refractivity contribution in [3.05, 3.63) is 54.9 Å². The summed E-state index contributed by atoms with van der Waals surface area (Å²) in [4.78, 5) is 5.85. The maximum absolute atomic E-state index is 5.45. The number of hydrogen-bond acceptors (Lipinski definition) is 6. The van der Waals surface area contributed by atoms with Crippen LogP contribution < -0.4 is 5.32 Å². The maximum Gasteiger partial charge on any atom is 0.247 e. The number of pyridine rings is 1. The quantitative estimate of drug-likeness (QED) is 0.486. The highest BCUT2D eigenvalue weighted by Gasteiger charge is 2.17. The third-order valence-electron chi connectivity index (χ3n) is 5.08. The largest absolute Gasteiger partial charge is 0.381 e. The Labute approximate surface area is 173 Å². The number of hydrogen-bond donors (Lipinski definition) is 1. The summed E-state index contributed by atoms with van der Waals surface area (Å²) in [6.45, 7) is 2.54. The predicted molar refractivity (Wildman–Crippen MR) is 115 cm³/mol. The second-order valence-electron chi connectivity index (χ2n) is 7.15. The molecule has 8 heteroatoms. The van der Waals surface area contributed by atoms with Crippen LogP contribution in [-0.4, -0.2) is 43.8 Å². The molecule has 1 aliphatic heterocycles.